The van der Waals surface area contributed by atoms with E-state index in [1.807, 2.05) is 65.6 Å². The van der Waals surface area contributed by atoms with Crippen LogP contribution in [0.5, 0.6) is 0 Å². The maximum Gasteiger partial charge on any atom is 0.237 e. The van der Waals surface area contributed by atoms with E-state index in [0.717, 1.165) is 11.3 Å². The minimum absolute atomic E-state index is 0.0444. The number of carbonyl (C=O) groups is 1. The van der Waals surface area contributed by atoms with Gasteiger partial charge >= 0.3 is 0 Å². The quantitative estimate of drug-likeness (QED) is 0.632. The summed E-state index contributed by atoms with van der Waals surface area (Å²) in [6.45, 7) is 2.08. The second-order valence-corrected chi connectivity index (χ2v) is 6.29. The molecule has 3 aromatic rings. The van der Waals surface area contributed by atoms with Crippen LogP contribution in [0, 0.1) is 6.92 Å². The molecule has 24 heavy (non-hydrogen) atoms. The molecule has 1 amide bonds. The van der Waals surface area contributed by atoms with E-state index in [9.17, 15) is 4.79 Å². The Morgan fingerprint density at radius 3 is 1.92 bits per heavy atom. The molecule has 1 saturated heterocycles. The molecule has 0 unspecified atom stereocenters. The Balaban J connectivity index is 1.78. The molecule has 0 aromatic heterocycles. The fraction of sp³-hybridized carbons (Fsp3) is 0.136. The third-order valence-electron chi connectivity index (χ3n) is 4.71. The third-order valence-corrected chi connectivity index (χ3v) is 4.71. The average Bonchev–Trinajstić information content (AvgIpc) is 2.62. The zero-order chi connectivity index (χ0) is 16.5. The first-order valence-electron chi connectivity index (χ1n) is 8.25. The van der Waals surface area contributed by atoms with Gasteiger partial charge in [-0.2, -0.15) is 0 Å². The topological polar surface area (TPSA) is 20.3 Å². The molecule has 1 aliphatic heterocycles. The van der Waals surface area contributed by atoms with Gasteiger partial charge in [0.15, 0.2) is 0 Å². The first kappa shape index (κ1) is 14.7. The highest BCUT2D eigenvalue weighted by molar-refractivity contribution is 6.06. The fourth-order valence-corrected chi connectivity index (χ4v) is 3.46. The van der Waals surface area contributed by atoms with Crippen LogP contribution in [0.25, 0.3) is 0 Å². The van der Waals surface area contributed by atoms with E-state index in [-0.39, 0.29) is 17.9 Å². The number of hydrogen-bond acceptors (Lipinski definition) is 1. The van der Waals surface area contributed by atoms with Gasteiger partial charge in [0.1, 0.15) is 0 Å². The summed E-state index contributed by atoms with van der Waals surface area (Å²) in [5.41, 5.74) is 4.45. The molecule has 0 saturated carbocycles. The second-order valence-electron chi connectivity index (χ2n) is 6.29. The number of β-lactam (4-membered cyclic amide) rings is 1. The van der Waals surface area contributed by atoms with Crippen molar-refractivity contribution in [3.63, 3.8) is 0 Å². The first-order valence-corrected chi connectivity index (χ1v) is 8.25. The summed E-state index contributed by atoms with van der Waals surface area (Å²) in [6, 6.07) is 28.6. The Kier molecular flexibility index (Phi) is 3.66. The van der Waals surface area contributed by atoms with Crippen molar-refractivity contribution in [3.05, 3.63) is 102 Å². The van der Waals surface area contributed by atoms with E-state index in [2.05, 4.69) is 31.2 Å². The molecular weight excluding hydrogens is 294 g/mol. The van der Waals surface area contributed by atoms with E-state index in [1.54, 1.807) is 0 Å². The van der Waals surface area contributed by atoms with Crippen molar-refractivity contribution in [1.29, 1.82) is 0 Å². The smallest absolute Gasteiger partial charge is 0.237 e. The molecule has 3 aromatic carbocycles. The molecule has 2 nitrogen and oxygen atoms in total. The highest BCUT2D eigenvalue weighted by Gasteiger charge is 2.49. The Bertz CT molecular complexity index is 791. The van der Waals surface area contributed by atoms with Gasteiger partial charge in [-0.3, -0.25) is 4.79 Å². The number of anilines is 1. The van der Waals surface area contributed by atoms with Crippen LogP contribution in [-0.2, 0) is 4.79 Å². The van der Waals surface area contributed by atoms with Crippen molar-refractivity contribution < 1.29 is 4.79 Å². The van der Waals surface area contributed by atoms with Crippen LogP contribution in [0.1, 0.15) is 28.7 Å². The first-order chi connectivity index (χ1) is 11.8. The molecule has 0 aliphatic carbocycles. The summed E-state index contributed by atoms with van der Waals surface area (Å²) in [4.78, 5) is 14.9. The molecule has 4 rings (SSSR count). The van der Waals surface area contributed by atoms with Gasteiger partial charge < -0.3 is 4.90 Å². The van der Waals surface area contributed by atoms with Gasteiger partial charge in [-0.05, 0) is 30.2 Å². The van der Waals surface area contributed by atoms with Gasteiger partial charge in [0, 0.05) is 5.69 Å². The molecule has 1 aliphatic rings. The van der Waals surface area contributed by atoms with Crippen molar-refractivity contribution in [2.75, 3.05) is 4.90 Å². The van der Waals surface area contributed by atoms with Crippen LogP contribution in [0.3, 0.4) is 0 Å². The Morgan fingerprint density at radius 2 is 1.29 bits per heavy atom. The highest BCUT2D eigenvalue weighted by Crippen LogP contribution is 2.48. The van der Waals surface area contributed by atoms with Crippen molar-refractivity contribution >= 4 is 11.6 Å². The van der Waals surface area contributed by atoms with Gasteiger partial charge in [0.05, 0.1) is 12.0 Å². The molecule has 0 bridgehead atoms. The molecular formula is C22H19NO. The van der Waals surface area contributed by atoms with Crippen LogP contribution >= 0.6 is 0 Å². The second kappa shape index (κ2) is 5.97. The van der Waals surface area contributed by atoms with Gasteiger partial charge in [-0.25, -0.2) is 0 Å². The van der Waals surface area contributed by atoms with Crippen LogP contribution in [0.15, 0.2) is 84.9 Å². The third kappa shape index (κ3) is 2.41. The minimum atomic E-state index is -0.117. The van der Waals surface area contributed by atoms with Gasteiger partial charge in [0.25, 0.3) is 0 Å². The van der Waals surface area contributed by atoms with Crippen molar-refractivity contribution in [1.82, 2.24) is 0 Å². The molecule has 0 N–H and O–H groups in total. The molecule has 118 valence electrons. The summed E-state index contributed by atoms with van der Waals surface area (Å²) in [5, 5.41) is 0. The number of benzene rings is 3. The van der Waals surface area contributed by atoms with Crippen molar-refractivity contribution in [2.24, 2.45) is 0 Å². The van der Waals surface area contributed by atoms with E-state index in [0.29, 0.717) is 0 Å². The summed E-state index contributed by atoms with van der Waals surface area (Å²) < 4.78 is 0. The molecule has 2 heteroatoms. The number of amides is 1. The number of aryl methyl sites for hydroxylation is 1. The number of hydrogen-bond donors (Lipinski definition) is 0. The molecule has 2 atom stereocenters. The van der Waals surface area contributed by atoms with Crippen molar-refractivity contribution in [2.45, 2.75) is 18.9 Å². The number of nitrogens with zero attached hydrogens (tertiary/aromatic N) is 1. The predicted octanol–water partition coefficient (Wildman–Crippen LogP) is 4.87. The van der Waals surface area contributed by atoms with Crippen molar-refractivity contribution in [3.8, 4) is 0 Å². The van der Waals surface area contributed by atoms with E-state index in [1.165, 1.54) is 11.1 Å². The lowest BCUT2D eigenvalue weighted by atomic mass is 9.77. The lowest BCUT2D eigenvalue weighted by Gasteiger charge is -2.47. The molecule has 0 spiro atoms. The summed E-state index contributed by atoms with van der Waals surface area (Å²) in [6.07, 6.45) is 0. The Morgan fingerprint density at radius 1 is 0.708 bits per heavy atom. The standard InChI is InChI=1S/C22H19NO/c1-16-12-14-18(15-13-16)21-20(17-8-4-2-5-9-17)22(24)23(21)19-10-6-3-7-11-19/h2-15,20-21H,1H3/t20-,21-/m0/s1. The highest BCUT2D eigenvalue weighted by atomic mass is 16.2. The Labute approximate surface area is 142 Å². The van der Waals surface area contributed by atoms with Crippen LogP contribution in [0.2, 0.25) is 0 Å². The molecule has 1 fully saturated rings. The minimum Gasteiger partial charge on any atom is -0.303 e. The lowest BCUT2D eigenvalue weighted by molar-refractivity contribution is -0.126. The SMILES string of the molecule is Cc1ccc([C@H]2[C@H](c3ccccc3)C(=O)N2c2ccccc2)cc1. The zero-order valence-corrected chi connectivity index (χ0v) is 13.6. The van der Waals surface area contributed by atoms with Crippen LogP contribution in [0.4, 0.5) is 5.69 Å². The lowest BCUT2D eigenvalue weighted by Crippen LogP contribution is -2.53. The maximum absolute atomic E-state index is 12.9. The monoisotopic (exact) mass is 313 g/mol. The van der Waals surface area contributed by atoms with Crippen LogP contribution in [-0.4, -0.2) is 5.91 Å². The van der Waals surface area contributed by atoms with Gasteiger partial charge in [0.2, 0.25) is 5.91 Å². The number of carbonyl (C=O) groups excluding carboxylic acids is 1. The normalized spacial score (nSPS) is 19.9. The average molecular weight is 313 g/mol. The Hall–Kier alpha value is -2.87. The largest absolute Gasteiger partial charge is 0.303 e. The predicted molar refractivity (Wildman–Crippen MR) is 97.0 cm³/mol. The zero-order valence-electron chi connectivity index (χ0n) is 13.6. The number of rotatable bonds is 3. The number of para-hydroxylation sites is 1. The van der Waals surface area contributed by atoms with E-state index < -0.39 is 0 Å². The van der Waals surface area contributed by atoms with Crippen LogP contribution < -0.4 is 4.90 Å². The summed E-state index contributed by atoms with van der Waals surface area (Å²) >= 11 is 0. The fourth-order valence-electron chi connectivity index (χ4n) is 3.46. The summed E-state index contributed by atoms with van der Waals surface area (Å²) in [7, 11) is 0. The van der Waals surface area contributed by atoms with E-state index >= 15 is 0 Å². The summed E-state index contributed by atoms with van der Waals surface area (Å²) in [5.74, 6) is 0.0482. The van der Waals surface area contributed by atoms with Gasteiger partial charge in [-0.15, -0.1) is 0 Å². The maximum atomic E-state index is 12.9. The van der Waals surface area contributed by atoms with Gasteiger partial charge in [-0.1, -0.05) is 78.4 Å². The molecule has 1 heterocycles. The van der Waals surface area contributed by atoms with E-state index in [4.69, 9.17) is 0 Å². The molecule has 0 radical (unpaired) electrons.